The van der Waals surface area contributed by atoms with Crippen molar-refractivity contribution in [2.24, 2.45) is 0 Å². The van der Waals surface area contributed by atoms with Crippen LogP contribution in [0.5, 0.6) is 0 Å². The van der Waals surface area contributed by atoms with E-state index in [9.17, 15) is 177 Å². The van der Waals surface area contributed by atoms with Crippen LogP contribution in [-0.2, 0) is 123 Å². The van der Waals surface area contributed by atoms with Crippen molar-refractivity contribution in [2.45, 2.75) is 372 Å². The molecule has 11 aliphatic heterocycles. The highest BCUT2D eigenvalue weighted by Gasteiger charge is 2.63. The Kier molecular flexibility index (Phi) is 40.7. The van der Waals surface area contributed by atoms with Gasteiger partial charge in [0.1, 0.15) is 268 Å². The van der Waals surface area contributed by atoms with E-state index >= 15 is 0 Å². The molecule has 61 heteroatoms. The van der Waals surface area contributed by atoms with Gasteiger partial charge in [0.05, 0.1) is 72.7 Å². The van der Waals surface area contributed by atoms with Gasteiger partial charge in [-0.15, -0.1) is 0 Å². The summed E-state index contributed by atoms with van der Waals surface area (Å²) in [5, 5.41) is 349. The standard InChI is InChI=1S/C76H127N5O56/c1-17(91)77-33-44(102)58(26(10-86)119-66(33)116)130-68-35(79-19(3)93)46(104)62(30(14-90)125-68)134-74-57(115)63(135-76-65(52(110)41(99)25(9-85)123-76)137-70-37(81-21(5)95)48(106)61(29(13-89)127-70)133-73-56(114)51(109)40(98)24(8-84)122-73)43(101)32(128-74)16-118-75-64(136-69-36(80-20(4)94)47(105)60(28(12-88)126-69)132-72-55(113)50(108)39(97)23(7-83)121-72)53(111)42(100)31(129-75)15-117-67-34(78-18(2)92)45(103)59(27(11-87)124-67)131-71-54(112)49(107)38(96)22(6-82)120-71/h22-76,82-90,96-116H,6-16H2,1-5H3,(H,77,91)(H,78,92)(H,79,93)(H,80,94)(H,81,95)/t22-,23-,24-,25-,26-,27-,28-,29-,30-,31-,32-,33-,34-,35-,36-,37-,38+,39+,40+,41-,42-,43-,44-,45+,46-,47-,48-,49+,50+,51+,52+,53+,54-,55-,56-,57+,58-,59-,60-,61-,62-,63+,64+,65+,66-,67+,68-,69+,70+,71+,72+,73+,74+,75+,76-/m1/s1. The monoisotopic (exact) mass is 2010 g/mol. The molecule has 0 spiro atoms. The van der Waals surface area contributed by atoms with Crippen LogP contribution >= 0.6 is 0 Å². The number of nitrogens with one attached hydrogen (secondary N) is 5. The molecule has 5 amide bonds. The summed E-state index contributed by atoms with van der Waals surface area (Å²) in [7, 11) is 0. The molecule has 11 saturated heterocycles. The van der Waals surface area contributed by atoms with Gasteiger partial charge < -0.3 is 279 Å². The second-order valence-electron chi connectivity index (χ2n) is 34.6. The smallest absolute Gasteiger partial charge is 0.217 e. The predicted molar refractivity (Wildman–Crippen MR) is 420 cm³/mol. The fourth-order valence-corrected chi connectivity index (χ4v) is 17.7. The number of hydrogen-bond acceptors (Lipinski definition) is 56. The molecule has 0 aliphatic carbocycles. The lowest BCUT2D eigenvalue weighted by Gasteiger charge is -2.51. The minimum Gasteiger partial charge on any atom is -0.394 e. The van der Waals surface area contributed by atoms with E-state index in [4.69, 9.17) is 99.5 Å². The van der Waals surface area contributed by atoms with Crippen LogP contribution in [0.3, 0.4) is 0 Å². The van der Waals surface area contributed by atoms with Gasteiger partial charge in [-0.05, 0) is 0 Å². The van der Waals surface area contributed by atoms with Crippen LogP contribution in [0.2, 0.25) is 0 Å². The number of carbonyl (C=O) groups is 5. The molecular formula is C76H127N5O56. The number of rotatable bonds is 36. The number of hydrogen-bond donors (Lipinski definition) is 35. The molecule has 0 aromatic rings. The van der Waals surface area contributed by atoms with Crippen molar-refractivity contribution in [1.82, 2.24) is 26.6 Å². The molecule has 0 aromatic heterocycles. The zero-order chi connectivity index (χ0) is 101. The average molecular weight is 2010 g/mol. The summed E-state index contributed by atoms with van der Waals surface area (Å²) in [5.74, 6) is -4.80. The maximum Gasteiger partial charge on any atom is 0.217 e. The summed E-state index contributed by atoms with van der Waals surface area (Å²) < 4.78 is 126. The average Bonchev–Trinajstić information content (AvgIpc) is 0.761. The molecule has 61 nitrogen and oxygen atoms in total. The minimum absolute atomic E-state index is 0.827. The Morgan fingerprint density at radius 3 is 0.730 bits per heavy atom. The van der Waals surface area contributed by atoms with Crippen molar-refractivity contribution in [2.75, 3.05) is 72.7 Å². The van der Waals surface area contributed by atoms with Crippen LogP contribution < -0.4 is 26.6 Å². The third-order valence-corrected chi connectivity index (χ3v) is 25.0. The van der Waals surface area contributed by atoms with Crippen molar-refractivity contribution in [3.8, 4) is 0 Å². The Morgan fingerprint density at radius 2 is 0.401 bits per heavy atom. The predicted octanol–water partition coefficient (Wildman–Crippen LogP) is -24.3. The van der Waals surface area contributed by atoms with E-state index < -0.39 is 440 Å². The van der Waals surface area contributed by atoms with E-state index in [1.807, 2.05) is 0 Å². The Bertz CT molecular complexity index is 3780. The molecule has 11 rings (SSSR count). The first-order valence-corrected chi connectivity index (χ1v) is 43.6. The number of amides is 5. The largest absolute Gasteiger partial charge is 0.394 e. The molecule has 0 aromatic carbocycles. The molecule has 0 bridgehead atoms. The second-order valence-corrected chi connectivity index (χ2v) is 34.6. The van der Waals surface area contributed by atoms with Gasteiger partial charge in [-0.1, -0.05) is 0 Å². The molecule has 792 valence electrons. The Labute approximate surface area is 775 Å². The van der Waals surface area contributed by atoms with E-state index in [2.05, 4.69) is 26.6 Å². The maximum atomic E-state index is 13.2. The van der Waals surface area contributed by atoms with Crippen molar-refractivity contribution in [3.05, 3.63) is 0 Å². The molecule has 11 aliphatic rings. The highest BCUT2D eigenvalue weighted by Crippen LogP contribution is 2.42. The molecular weight excluding hydrogens is 1880 g/mol. The highest BCUT2D eigenvalue weighted by molar-refractivity contribution is 5.75. The first kappa shape index (κ1) is 113. The normalized spacial score (nSPS) is 48.9. The van der Waals surface area contributed by atoms with Gasteiger partial charge in [0.15, 0.2) is 69.2 Å². The molecule has 11 heterocycles. The maximum absolute atomic E-state index is 13.2. The Morgan fingerprint density at radius 1 is 0.190 bits per heavy atom. The lowest BCUT2D eigenvalue weighted by molar-refractivity contribution is -0.399. The highest BCUT2D eigenvalue weighted by atomic mass is 16.8. The second kappa shape index (κ2) is 49.5. The molecule has 0 saturated carbocycles. The van der Waals surface area contributed by atoms with Gasteiger partial charge in [0, 0.05) is 34.6 Å². The van der Waals surface area contributed by atoms with Gasteiger partial charge in [0.25, 0.3) is 0 Å². The lowest BCUT2D eigenvalue weighted by Crippen LogP contribution is -2.71. The number of aliphatic hydroxyl groups is 30. The van der Waals surface area contributed by atoms with Crippen LogP contribution in [-0.4, -0.2) is 593 Å². The third-order valence-electron chi connectivity index (χ3n) is 25.0. The van der Waals surface area contributed by atoms with Gasteiger partial charge in [-0.2, -0.15) is 0 Å². The fourth-order valence-electron chi connectivity index (χ4n) is 17.7. The fraction of sp³-hybridized carbons (Fsp3) is 0.934. The lowest BCUT2D eigenvalue weighted by atomic mass is 9.93. The van der Waals surface area contributed by atoms with Gasteiger partial charge in [-0.25, -0.2) is 0 Å². The molecule has 0 radical (unpaired) electrons. The SMILES string of the molecule is CC(=O)N[C@@H]1[C@@H](O)[C@H](O[C@H]2O[C@H](CO)[C@@H](O[C@@H]3O[C@H](CO[C@H]4O[C@H](CO[C@H]5O[C@H](CO)[C@@H](O[C@@H]6O[C@H](CO)[C@H](O)[C@H](O)[C@H]6O)[C@@H](O)[C@H]5NC(C)=O)[C@@H](O)[C@H](O)[C@@H]4O[C@@H]4O[C@H](CO)[C@@H](O[C@@H]5O[C@H](CO)[C@H](O)[C@H](O)[C@H]5O)[C@H](O)[C@H]4NC(C)=O)[C@@H](O)[C@H](O[C@H]4O[C@H](CO)[C@@H](O)[C@H](O)[C@@H]4O[C@@H]4O[C@H](CO)[C@@H](O[C@@H]5O[C@H](CO)[C@H](O)[C@H](O)[C@H]5O)[C@H](O)[C@H]4NC(C)=O)[C@@H]3O)[C@H](O)[C@H]2NC(C)=O)[C@@H](CO)O[C@H]1O. The van der Waals surface area contributed by atoms with E-state index in [1.54, 1.807) is 0 Å². The summed E-state index contributed by atoms with van der Waals surface area (Å²) >= 11 is 0. The minimum atomic E-state index is -2.70. The summed E-state index contributed by atoms with van der Waals surface area (Å²) in [6, 6.07) is -9.68. The zero-order valence-corrected chi connectivity index (χ0v) is 73.6. The number of carbonyl (C=O) groups excluding carboxylic acids is 5. The van der Waals surface area contributed by atoms with E-state index in [1.165, 1.54) is 0 Å². The summed E-state index contributed by atoms with van der Waals surface area (Å²) in [4.78, 5) is 64.8. The molecule has 55 atom stereocenters. The summed E-state index contributed by atoms with van der Waals surface area (Å²) in [5.41, 5.74) is 0. The zero-order valence-electron chi connectivity index (χ0n) is 73.6. The van der Waals surface area contributed by atoms with Crippen LogP contribution in [0.4, 0.5) is 0 Å². The van der Waals surface area contributed by atoms with E-state index in [0.29, 0.717) is 0 Å². The molecule has 137 heavy (non-hydrogen) atoms. The molecule has 0 unspecified atom stereocenters. The van der Waals surface area contributed by atoms with E-state index in [0.717, 1.165) is 34.6 Å². The van der Waals surface area contributed by atoms with Gasteiger partial charge in [-0.3, -0.25) is 24.0 Å². The molecule has 35 N–H and O–H groups in total. The van der Waals surface area contributed by atoms with E-state index in [-0.39, 0.29) is 0 Å². The number of aliphatic hydroxyl groups excluding tert-OH is 30. The van der Waals surface area contributed by atoms with Crippen LogP contribution in [0, 0.1) is 0 Å². The summed E-state index contributed by atoms with van der Waals surface area (Å²) in [6.07, 6.45) is -108. The van der Waals surface area contributed by atoms with Gasteiger partial charge in [0.2, 0.25) is 29.5 Å². The van der Waals surface area contributed by atoms with Crippen molar-refractivity contribution < 1.29 is 277 Å². The van der Waals surface area contributed by atoms with Crippen LogP contribution in [0.25, 0.3) is 0 Å². The van der Waals surface area contributed by atoms with Crippen molar-refractivity contribution in [1.29, 1.82) is 0 Å². The number of ether oxygens (including phenoxy) is 21. The Hall–Kier alpha value is -4.69. The van der Waals surface area contributed by atoms with Crippen molar-refractivity contribution in [3.63, 3.8) is 0 Å². The van der Waals surface area contributed by atoms with Crippen LogP contribution in [0.15, 0.2) is 0 Å². The van der Waals surface area contributed by atoms with Gasteiger partial charge >= 0.3 is 0 Å². The van der Waals surface area contributed by atoms with Crippen molar-refractivity contribution >= 4 is 29.5 Å². The quantitative estimate of drug-likeness (QED) is 0.0277. The third kappa shape index (κ3) is 25.2. The van der Waals surface area contributed by atoms with Crippen LogP contribution in [0.1, 0.15) is 34.6 Å². The molecule has 11 fully saturated rings. The first-order chi connectivity index (χ1) is 64.8. The Balaban J connectivity index is 0.964. The first-order valence-electron chi connectivity index (χ1n) is 43.6. The summed E-state index contributed by atoms with van der Waals surface area (Å²) in [6.45, 7) is -8.00. The topological polar surface area (TPSA) is 946 Å².